The van der Waals surface area contributed by atoms with E-state index in [0.717, 1.165) is 0 Å². The van der Waals surface area contributed by atoms with Gasteiger partial charge in [0.25, 0.3) is 0 Å². The topological polar surface area (TPSA) is 9.23 Å². The van der Waals surface area contributed by atoms with E-state index in [2.05, 4.69) is 13.8 Å². The van der Waals surface area contributed by atoms with E-state index < -0.39 is 0 Å². The Morgan fingerprint density at radius 3 is 1.80 bits per heavy atom. The molecular formula is C13H28NaO. The normalized spacial score (nSPS) is 12.2. The summed E-state index contributed by atoms with van der Waals surface area (Å²) in [5.74, 6) is 0. The van der Waals surface area contributed by atoms with Gasteiger partial charge < -0.3 is 4.74 Å². The Labute approximate surface area is 119 Å². The molecule has 0 aliphatic carbocycles. The van der Waals surface area contributed by atoms with E-state index in [9.17, 15) is 0 Å². The van der Waals surface area contributed by atoms with E-state index in [1.54, 1.807) is 7.11 Å². The van der Waals surface area contributed by atoms with Crippen molar-refractivity contribution in [1.82, 2.24) is 0 Å². The van der Waals surface area contributed by atoms with Gasteiger partial charge in [-0.1, -0.05) is 58.3 Å². The summed E-state index contributed by atoms with van der Waals surface area (Å²) in [5, 5.41) is 0. The van der Waals surface area contributed by atoms with Crippen molar-refractivity contribution in [2.75, 3.05) is 7.11 Å². The summed E-state index contributed by atoms with van der Waals surface area (Å²) in [4.78, 5) is 0. The third-order valence-electron chi connectivity index (χ3n) is 2.87. The van der Waals surface area contributed by atoms with Crippen molar-refractivity contribution >= 4 is 29.6 Å². The zero-order valence-electron chi connectivity index (χ0n) is 11.3. The molecule has 0 aliphatic heterocycles. The van der Waals surface area contributed by atoms with Gasteiger partial charge in [0.2, 0.25) is 0 Å². The second-order valence-corrected chi connectivity index (χ2v) is 4.31. The fourth-order valence-electron chi connectivity index (χ4n) is 1.68. The number of methoxy groups -OCH3 is 1. The summed E-state index contributed by atoms with van der Waals surface area (Å²) in [5.41, 5.74) is 0. The minimum absolute atomic E-state index is 0. The molecule has 0 rings (SSSR count). The third kappa shape index (κ3) is 15.0. The van der Waals surface area contributed by atoms with Gasteiger partial charge in [-0.25, -0.2) is 0 Å². The van der Waals surface area contributed by atoms with Crippen LogP contribution in [0, 0.1) is 0 Å². The third-order valence-corrected chi connectivity index (χ3v) is 2.87. The van der Waals surface area contributed by atoms with Crippen LogP contribution in [0.15, 0.2) is 0 Å². The monoisotopic (exact) mass is 223 g/mol. The number of unbranched alkanes of at least 4 members (excludes halogenated alkanes) is 7. The summed E-state index contributed by atoms with van der Waals surface area (Å²) in [7, 11) is 1.80. The van der Waals surface area contributed by atoms with Crippen LogP contribution in [0.2, 0.25) is 0 Å². The molecular weight excluding hydrogens is 195 g/mol. The van der Waals surface area contributed by atoms with Gasteiger partial charge in [0.05, 0.1) is 6.10 Å². The summed E-state index contributed by atoms with van der Waals surface area (Å²) in [6, 6.07) is 0. The molecule has 87 valence electrons. The van der Waals surface area contributed by atoms with Crippen molar-refractivity contribution in [2.24, 2.45) is 0 Å². The Morgan fingerprint density at radius 2 is 1.33 bits per heavy atom. The van der Waals surface area contributed by atoms with Crippen LogP contribution in [0.4, 0.5) is 0 Å². The quantitative estimate of drug-likeness (QED) is 0.399. The first-order valence-corrected chi connectivity index (χ1v) is 6.34. The minimum Gasteiger partial charge on any atom is -0.382 e. The molecule has 1 atom stereocenters. The first kappa shape index (κ1) is 18.3. The van der Waals surface area contributed by atoms with E-state index in [4.69, 9.17) is 4.74 Å². The Morgan fingerprint density at radius 1 is 0.867 bits per heavy atom. The van der Waals surface area contributed by atoms with Crippen LogP contribution in [0.1, 0.15) is 71.6 Å². The van der Waals surface area contributed by atoms with Crippen LogP contribution in [-0.2, 0) is 4.74 Å². The Balaban J connectivity index is 0. The van der Waals surface area contributed by atoms with Crippen LogP contribution in [-0.4, -0.2) is 42.8 Å². The molecule has 1 radical (unpaired) electrons. The van der Waals surface area contributed by atoms with Crippen LogP contribution in [0.3, 0.4) is 0 Å². The number of hydrogen-bond donors (Lipinski definition) is 0. The number of ether oxygens (including phenoxy) is 1. The first-order chi connectivity index (χ1) is 6.81. The molecule has 0 fully saturated rings. The Kier molecular flexibility index (Phi) is 18.3. The van der Waals surface area contributed by atoms with Crippen LogP contribution in [0.25, 0.3) is 0 Å². The molecule has 0 saturated heterocycles. The average molecular weight is 223 g/mol. The predicted molar refractivity (Wildman–Crippen MR) is 69.5 cm³/mol. The van der Waals surface area contributed by atoms with Gasteiger partial charge in [-0.3, -0.25) is 0 Å². The molecule has 0 saturated carbocycles. The van der Waals surface area contributed by atoms with Crippen molar-refractivity contribution < 1.29 is 4.74 Å². The van der Waals surface area contributed by atoms with E-state index >= 15 is 0 Å². The molecule has 0 spiro atoms. The fraction of sp³-hybridized carbons (Fsp3) is 1.00. The zero-order valence-corrected chi connectivity index (χ0v) is 13.3. The van der Waals surface area contributed by atoms with Crippen molar-refractivity contribution in [3.05, 3.63) is 0 Å². The van der Waals surface area contributed by atoms with E-state index in [0.29, 0.717) is 6.10 Å². The number of rotatable bonds is 10. The summed E-state index contributed by atoms with van der Waals surface area (Å²) >= 11 is 0. The van der Waals surface area contributed by atoms with E-state index in [-0.39, 0.29) is 29.6 Å². The molecule has 0 aromatic heterocycles. The van der Waals surface area contributed by atoms with Crippen LogP contribution >= 0.6 is 0 Å². The van der Waals surface area contributed by atoms with E-state index in [1.165, 1.54) is 57.8 Å². The van der Waals surface area contributed by atoms with Gasteiger partial charge in [0.1, 0.15) is 0 Å². The van der Waals surface area contributed by atoms with Gasteiger partial charge in [-0.15, -0.1) is 0 Å². The summed E-state index contributed by atoms with van der Waals surface area (Å²) in [6.45, 7) is 4.42. The standard InChI is InChI=1S/C13H28O.Na/c1-4-5-6-7-8-9-10-11-12-13(2)14-3;/h13H,4-12H2,1-3H3;. The number of hydrogen-bond acceptors (Lipinski definition) is 1. The molecule has 0 amide bonds. The van der Waals surface area contributed by atoms with Gasteiger partial charge in [-0.05, 0) is 13.3 Å². The molecule has 0 N–H and O–H groups in total. The smallest absolute Gasteiger partial charge is 0.0543 e. The molecule has 0 aromatic carbocycles. The van der Waals surface area contributed by atoms with Crippen LogP contribution in [0.5, 0.6) is 0 Å². The molecule has 0 aliphatic rings. The molecule has 1 unspecified atom stereocenters. The summed E-state index contributed by atoms with van der Waals surface area (Å²) < 4.78 is 5.21. The summed E-state index contributed by atoms with van der Waals surface area (Å²) in [6.07, 6.45) is 12.9. The molecule has 0 aromatic rings. The molecule has 2 heteroatoms. The Hall–Kier alpha value is 0.960. The maximum Gasteiger partial charge on any atom is 0.0543 e. The van der Waals surface area contributed by atoms with Crippen molar-refractivity contribution in [2.45, 2.75) is 77.7 Å². The van der Waals surface area contributed by atoms with Crippen molar-refractivity contribution in [3.8, 4) is 0 Å². The van der Waals surface area contributed by atoms with Crippen LogP contribution < -0.4 is 0 Å². The van der Waals surface area contributed by atoms with E-state index in [1.807, 2.05) is 0 Å². The van der Waals surface area contributed by atoms with Gasteiger partial charge in [0, 0.05) is 36.7 Å². The fourth-order valence-corrected chi connectivity index (χ4v) is 1.68. The largest absolute Gasteiger partial charge is 0.382 e. The second-order valence-electron chi connectivity index (χ2n) is 4.31. The zero-order chi connectivity index (χ0) is 10.6. The van der Waals surface area contributed by atoms with Gasteiger partial charge in [0.15, 0.2) is 0 Å². The van der Waals surface area contributed by atoms with Crippen molar-refractivity contribution in [3.63, 3.8) is 0 Å². The van der Waals surface area contributed by atoms with Gasteiger partial charge in [-0.2, -0.15) is 0 Å². The molecule has 15 heavy (non-hydrogen) atoms. The Bertz CT molecular complexity index is 107. The molecule has 0 bridgehead atoms. The molecule has 1 nitrogen and oxygen atoms in total. The predicted octanol–water partition coefficient (Wildman–Crippen LogP) is 4.17. The minimum atomic E-state index is 0. The molecule has 0 heterocycles. The second kappa shape index (κ2) is 15.0. The van der Waals surface area contributed by atoms with Crippen molar-refractivity contribution in [1.29, 1.82) is 0 Å². The van der Waals surface area contributed by atoms with Gasteiger partial charge >= 0.3 is 0 Å². The maximum atomic E-state index is 5.21. The maximum absolute atomic E-state index is 5.21. The average Bonchev–Trinajstić information content (AvgIpc) is 2.21. The first-order valence-electron chi connectivity index (χ1n) is 6.34. The SMILES string of the molecule is CCCCCCCCCCC(C)OC.[Na].